The Hall–Kier alpha value is -2.08. The second kappa shape index (κ2) is 6.43. The number of carbonyl (C=O) groups excluding carboxylic acids is 3. The Morgan fingerprint density at radius 2 is 2.12 bits per heavy atom. The molecule has 1 aliphatic heterocycles. The summed E-state index contributed by atoms with van der Waals surface area (Å²) in [6.07, 6.45) is 2.92. The normalized spacial score (nSPS) is 18.5. The predicted molar refractivity (Wildman–Crippen MR) is 90.0 cm³/mol. The van der Waals surface area contributed by atoms with Gasteiger partial charge in [0.25, 0.3) is 11.8 Å². The van der Waals surface area contributed by atoms with Gasteiger partial charge >= 0.3 is 6.03 Å². The van der Waals surface area contributed by atoms with Gasteiger partial charge in [-0.05, 0) is 50.3 Å². The molecule has 1 saturated carbocycles. The number of nitrogens with one attached hydrogen (secondary N) is 2. The molecule has 24 heavy (non-hydrogen) atoms. The summed E-state index contributed by atoms with van der Waals surface area (Å²) in [6.45, 7) is 2.56. The van der Waals surface area contributed by atoms with Crippen LogP contribution in [0.4, 0.5) is 4.79 Å². The molecule has 2 aliphatic rings. The summed E-state index contributed by atoms with van der Waals surface area (Å²) in [5, 5.41) is 6.12. The highest BCUT2D eigenvalue weighted by Gasteiger charge is 2.54. The zero-order chi connectivity index (χ0) is 17.3. The van der Waals surface area contributed by atoms with Crippen LogP contribution in [0.25, 0.3) is 0 Å². The molecule has 2 N–H and O–H groups in total. The molecule has 0 atom stereocenters. The number of rotatable bonds is 5. The molecule has 1 heterocycles. The van der Waals surface area contributed by atoms with E-state index in [2.05, 4.69) is 10.6 Å². The van der Waals surface area contributed by atoms with Gasteiger partial charge in [0, 0.05) is 23.7 Å². The Labute approximate surface area is 145 Å². The molecule has 2 fully saturated rings. The molecule has 1 spiro atoms. The van der Waals surface area contributed by atoms with Crippen molar-refractivity contribution in [2.75, 3.05) is 13.1 Å². The van der Waals surface area contributed by atoms with E-state index in [0.29, 0.717) is 30.1 Å². The van der Waals surface area contributed by atoms with Crippen molar-refractivity contribution in [3.8, 4) is 0 Å². The van der Waals surface area contributed by atoms with Crippen LogP contribution in [0.5, 0.6) is 0 Å². The van der Waals surface area contributed by atoms with Gasteiger partial charge in [-0.15, -0.1) is 0 Å². The highest BCUT2D eigenvalue weighted by atomic mass is 35.5. The molecule has 7 heteroatoms. The fourth-order valence-corrected chi connectivity index (χ4v) is 3.20. The minimum absolute atomic E-state index is 0.129. The van der Waals surface area contributed by atoms with E-state index in [1.807, 2.05) is 6.92 Å². The first kappa shape index (κ1) is 16.8. The Balaban J connectivity index is 1.47. The summed E-state index contributed by atoms with van der Waals surface area (Å²) in [7, 11) is 0. The van der Waals surface area contributed by atoms with E-state index in [0.717, 1.165) is 24.8 Å². The lowest BCUT2D eigenvalue weighted by atomic mass is 9.77. The van der Waals surface area contributed by atoms with Gasteiger partial charge in [-0.25, -0.2) is 4.79 Å². The second-order valence-corrected chi connectivity index (χ2v) is 6.80. The fraction of sp³-hybridized carbons (Fsp3) is 0.471. The Kier molecular flexibility index (Phi) is 4.49. The van der Waals surface area contributed by atoms with Crippen LogP contribution in [0.3, 0.4) is 0 Å². The van der Waals surface area contributed by atoms with Gasteiger partial charge in [-0.3, -0.25) is 14.5 Å². The highest BCUT2D eigenvalue weighted by Crippen LogP contribution is 2.37. The lowest BCUT2D eigenvalue weighted by Crippen LogP contribution is -2.52. The molecule has 6 nitrogen and oxygen atoms in total. The van der Waals surface area contributed by atoms with Crippen LogP contribution in [-0.4, -0.2) is 41.4 Å². The number of halogens is 1. The molecule has 3 rings (SSSR count). The van der Waals surface area contributed by atoms with Crippen molar-refractivity contribution in [2.45, 2.75) is 38.1 Å². The summed E-state index contributed by atoms with van der Waals surface area (Å²) in [6, 6.07) is 4.82. The molecule has 0 radical (unpaired) electrons. The summed E-state index contributed by atoms with van der Waals surface area (Å²) < 4.78 is 0. The number of hydrogen-bond acceptors (Lipinski definition) is 3. The molecular formula is C17H20ClN3O3. The Morgan fingerprint density at radius 3 is 2.71 bits per heavy atom. The quantitative estimate of drug-likeness (QED) is 0.632. The van der Waals surface area contributed by atoms with Crippen molar-refractivity contribution in [3.05, 3.63) is 34.3 Å². The number of benzene rings is 1. The lowest BCUT2D eigenvalue weighted by molar-refractivity contribution is -0.134. The first-order valence-corrected chi connectivity index (χ1v) is 8.49. The summed E-state index contributed by atoms with van der Waals surface area (Å²) in [5.74, 6) is -0.347. The van der Waals surface area contributed by atoms with Crippen LogP contribution >= 0.6 is 11.6 Å². The van der Waals surface area contributed by atoms with E-state index in [4.69, 9.17) is 11.6 Å². The van der Waals surface area contributed by atoms with E-state index < -0.39 is 5.54 Å². The molecule has 1 saturated heterocycles. The number of imide groups is 1. The SMILES string of the molecule is Cc1ccc(C(=O)NCCCN2C(=O)NC3(CCC3)C2=O)cc1Cl. The maximum Gasteiger partial charge on any atom is 0.325 e. The maximum absolute atomic E-state index is 12.3. The number of urea groups is 1. The van der Waals surface area contributed by atoms with Crippen LogP contribution in [-0.2, 0) is 4.79 Å². The number of aryl methyl sites for hydroxylation is 1. The largest absolute Gasteiger partial charge is 0.352 e. The fourth-order valence-electron chi connectivity index (χ4n) is 3.02. The number of nitrogens with zero attached hydrogens (tertiary/aromatic N) is 1. The molecular weight excluding hydrogens is 330 g/mol. The third-order valence-corrected chi connectivity index (χ3v) is 5.14. The monoisotopic (exact) mass is 349 g/mol. The minimum Gasteiger partial charge on any atom is -0.352 e. The van der Waals surface area contributed by atoms with Gasteiger partial charge in [-0.1, -0.05) is 17.7 Å². The average Bonchev–Trinajstić information content (AvgIpc) is 2.78. The van der Waals surface area contributed by atoms with Crippen molar-refractivity contribution in [1.82, 2.24) is 15.5 Å². The molecule has 0 aromatic heterocycles. The summed E-state index contributed by atoms with van der Waals surface area (Å²) in [5.41, 5.74) is 0.768. The first-order chi connectivity index (χ1) is 11.4. The van der Waals surface area contributed by atoms with Crippen molar-refractivity contribution in [3.63, 3.8) is 0 Å². The van der Waals surface area contributed by atoms with E-state index in [1.54, 1.807) is 18.2 Å². The molecule has 0 unspecified atom stereocenters. The Bertz CT molecular complexity index is 700. The van der Waals surface area contributed by atoms with Crippen LogP contribution in [0.2, 0.25) is 5.02 Å². The average molecular weight is 350 g/mol. The Morgan fingerprint density at radius 1 is 1.38 bits per heavy atom. The molecule has 128 valence electrons. The second-order valence-electron chi connectivity index (χ2n) is 6.40. The maximum atomic E-state index is 12.3. The van der Waals surface area contributed by atoms with Crippen LogP contribution in [0.1, 0.15) is 41.6 Å². The van der Waals surface area contributed by atoms with Gasteiger partial charge in [0.15, 0.2) is 0 Å². The van der Waals surface area contributed by atoms with Crippen molar-refractivity contribution in [2.24, 2.45) is 0 Å². The van der Waals surface area contributed by atoms with Gasteiger partial charge in [0.05, 0.1) is 0 Å². The number of carbonyl (C=O) groups is 3. The molecule has 1 aromatic rings. The summed E-state index contributed by atoms with van der Waals surface area (Å²) >= 11 is 6.01. The van der Waals surface area contributed by atoms with E-state index in [-0.39, 0.29) is 17.8 Å². The topological polar surface area (TPSA) is 78.5 Å². The molecule has 1 aliphatic carbocycles. The van der Waals surface area contributed by atoms with E-state index in [1.165, 1.54) is 4.90 Å². The predicted octanol–water partition coefficient (Wildman–Crippen LogP) is 2.24. The van der Waals surface area contributed by atoms with Gasteiger partial charge in [0.2, 0.25) is 0 Å². The third-order valence-electron chi connectivity index (χ3n) is 4.73. The van der Waals surface area contributed by atoms with Crippen molar-refractivity contribution in [1.29, 1.82) is 0 Å². The van der Waals surface area contributed by atoms with Crippen LogP contribution in [0.15, 0.2) is 18.2 Å². The number of amides is 4. The van der Waals surface area contributed by atoms with Crippen LogP contribution < -0.4 is 10.6 Å². The lowest BCUT2D eigenvalue weighted by Gasteiger charge is -2.34. The number of hydrogen-bond donors (Lipinski definition) is 2. The molecule has 4 amide bonds. The first-order valence-electron chi connectivity index (χ1n) is 8.11. The minimum atomic E-state index is -0.640. The zero-order valence-corrected chi connectivity index (χ0v) is 14.3. The molecule has 0 bridgehead atoms. The molecule has 1 aromatic carbocycles. The van der Waals surface area contributed by atoms with Gasteiger partial charge in [-0.2, -0.15) is 0 Å². The van der Waals surface area contributed by atoms with Gasteiger partial charge in [0.1, 0.15) is 5.54 Å². The van der Waals surface area contributed by atoms with Crippen molar-refractivity contribution < 1.29 is 14.4 Å². The zero-order valence-electron chi connectivity index (χ0n) is 13.5. The van der Waals surface area contributed by atoms with Crippen LogP contribution in [0, 0.1) is 6.92 Å². The third kappa shape index (κ3) is 2.98. The van der Waals surface area contributed by atoms with Crippen molar-refractivity contribution >= 4 is 29.4 Å². The smallest absolute Gasteiger partial charge is 0.325 e. The standard InChI is InChI=1S/C17H20ClN3O3/c1-11-4-5-12(10-13(11)18)14(22)19-8-3-9-21-15(23)17(6-2-7-17)20-16(21)24/h4-5,10H,2-3,6-9H2,1H3,(H,19,22)(H,20,24). The van der Waals surface area contributed by atoms with E-state index >= 15 is 0 Å². The van der Waals surface area contributed by atoms with Gasteiger partial charge < -0.3 is 10.6 Å². The highest BCUT2D eigenvalue weighted by molar-refractivity contribution is 6.31. The van der Waals surface area contributed by atoms with E-state index in [9.17, 15) is 14.4 Å². The summed E-state index contributed by atoms with van der Waals surface area (Å²) in [4.78, 5) is 37.5.